The molecular weight excluding hydrogens is 606 g/mol. The molecule has 0 bridgehead atoms. The number of rotatable bonds is 17. The molecule has 0 amide bonds. The lowest BCUT2D eigenvalue weighted by atomic mass is 9.76. The van der Waals surface area contributed by atoms with Crippen LogP contribution in [0.4, 0.5) is 5.69 Å². The average Bonchev–Trinajstić information content (AvgIpc) is 3.06. The van der Waals surface area contributed by atoms with E-state index in [2.05, 4.69) is 89.1 Å². The fourth-order valence-electron chi connectivity index (χ4n) is 6.00. The Morgan fingerprint density at radius 3 is 2.45 bits per heavy atom. The summed E-state index contributed by atoms with van der Waals surface area (Å²) in [7, 11) is 1.65. The minimum atomic E-state index is -0.849. The van der Waals surface area contributed by atoms with Gasteiger partial charge in [0.1, 0.15) is 5.75 Å². The molecule has 6 nitrogen and oxygen atoms in total. The molecule has 0 atom stereocenters. The monoisotopic (exact) mass is 659 g/mol. The molecule has 0 unspecified atom stereocenters. The largest absolute Gasteiger partial charge is 0.497 e. The third-order valence-corrected chi connectivity index (χ3v) is 8.92. The van der Waals surface area contributed by atoms with Crippen LogP contribution >= 0.6 is 0 Å². The van der Waals surface area contributed by atoms with Gasteiger partial charge in [-0.05, 0) is 102 Å². The topological polar surface area (TPSA) is 94.4 Å². The molecule has 49 heavy (non-hydrogen) atoms. The van der Waals surface area contributed by atoms with Crippen molar-refractivity contribution in [3.63, 3.8) is 0 Å². The number of aryl methyl sites for hydroxylation is 1. The van der Waals surface area contributed by atoms with Crippen LogP contribution in [0.15, 0.2) is 96.8 Å². The van der Waals surface area contributed by atoms with Gasteiger partial charge in [0.2, 0.25) is 0 Å². The summed E-state index contributed by atoms with van der Waals surface area (Å²) in [5.41, 5.74) is 7.12. The number of benzene rings is 3. The van der Waals surface area contributed by atoms with Crippen LogP contribution < -0.4 is 15.4 Å². The Bertz CT molecular complexity index is 1820. The van der Waals surface area contributed by atoms with E-state index in [-0.39, 0.29) is 11.8 Å². The van der Waals surface area contributed by atoms with E-state index in [0.29, 0.717) is 18.5 Å². The number of nitrogens with one attached hydrogen (secondary N) is 2. The number of hydrogen-bond acceptors (Lipinski definition) is 5. The van der Waals surface area contributed by atoms with Gasteiger partial charge >= 0.3 is 5.97 Å². The number of hydrogen-bond donors (Lipinski definition) is 3. The number of aliphatic carboxylic acids is 1. The van der Waals surface area contributed by atoms with Gasteiger partial charge < -0.3 is 20.5 Å². The van der Waals surface area contributed by atoms with Crippen molar-refractivity contribution in [2.45, 2.75) is 73.1 Å². The van der Waals surface area contributed by atoms with E-state index < -0.39 is 11.4 Å². The summed E-state index contributed by atoms with van der Waals surface area (Å²) in [6, 6.07) is 18.9. The van der Waals surface area contributed by atoms with E-state index in [1.165, 1.54) is 5.56 Å². The third-order valence-electron chi connectivity index (χ3n) is 8.92. The van der Waals surface area contributed by atoms with Gasteiger partial charge in [-0.3, -0.25) is 4.79 Å². The highest BCUT2D eigenvalue weighted by molar-refractivity contribution is 5.92. The zero-order valence-electron chi connectivity index (χ0n) is 30.5. The van der Waals surface area contributed by atoms with Crippen molar-refractivity contribution in [1.82, 2.24) is 5.32 Å². The predicted octanol–water partition coefficient (Wildman–Crippen LogP) is 10.4. The van der Waals surface area contributed by atoms with Crippen LogP contribution in [0.25, 0.3) is 22.4 Å². The number of allylic oxidation sites excluding steroid dienone is 7. The van der Waals surface area contributed by atoms with E-state index in [9.17, 15) is 15.2 Å². The van der Waals surface area contributed by atoms with Crippen molar-refractivity contribution in [3.05, 3.63) is 119 Å². The molecule has 6 heteroatoms. The van der Waals surface area contributed by atoms with E-state index >= 15 is 0 Å². The van der Waals surface area contributed by atoms with Gasteiger partial charge in [-0.25, -0.2) is 0 Å². The number of ether oxygens (including phenoxy) is 1. The first kappa shape index (κ1) is 38.4. The summed E-state index contributed by atoms with van der Waals surface area (Å²) < 4.78 is 5.55. The Morgan fingerprint density at radius 2 is 1.80 bits per heavy atom. The number of carbonyl (C=O) groups is 1. The Labute approximate surface area is 293 Å². The molecule has 0 saturated carbocycles. The van der Waals surface area contributed by atoms with Crippen molar-refractivity contribution in [1.29, 1.82) is 5.26 Å². The smallest absolute Gasteiger partial charge is 0.305 e. The summed E-state index contributed by atoms with van der Waals surface area (Å²) in [6.07, 6.45) is 13.6. The predicted molar refractivity (Wildman–Crippen MR) is 207 cm³/mol. The van der Waals surface area contributed by atoms with Crippen molar-refractivity contribution in [2.24, 2.45) is 5.41 Å². The first-order valence-electron chi connectivity index (χ1n) is 17.0. The molecule has 0 radical (unpaired) electrons. The highest BCUT2D eigenvalue weighted by Crippen LogP contribution is 2.42. The Hall–Kier alpha value is -5.02. The standard InChI is InChI=1S/C43H53N3O3/c1-10-13-33-17-15-30(3)27-36(33)31(4)43(7,8)39(46-25-11-2)22-16-32(29-44)14-12-24-42(5,6)41-37-28-35(49-9)20-18-34(37)19-21-38(41)45-26-23-40(47)48/h10,12-22,27-28,45-46H,4,11,23-26H2,1-3,5-9H3,(H,47,48)/b13-10-,14-12+,32-16-,39-22+. The van der Waals surface area contributed by atoms with Crippen LogP contribution in [0.3, 0.4) is 0 Å². The van der Waals surface area contributed by atoms with E-state index in [1.807, 2.05) is 67.6 Å². The van der Waals surface area contributed by atoms with E-state index in [4.69, 9.17) is 4.74 Å². The maximum Gasteiger partial charge on any atom is 0.305 e. The van der Waals surface area contributed by atoms with Gasteiger partial charge in [0.15, 0.2) is 0 Å². The van der Waals surface area contributed by atoms with Gasteiger partial charge in [-0.1, -0.05) is 95.3 Å². The summed E-state index contributed by atoms with van der Waals surface area (Å²) in [5.74, 6) is -0.0966. The number of fused-ring (bicyclic) bond motifs is 1. The fourth-order valence-corrected chi connectivity index (χ4v) is 6.00. The first-order chi connectivity index (χ1) is 23.3. The van der Waals surface area contributed by atoms with Crippen LogP contribution in [0.5, 0.6) is 5.75 Å². The molecular formula is C43H53N3O3. The Kier molecular flexibility index (Phi) is 13.6. The number of carboxylic acid groups (broad SMARTS) is 1. The number of nitrogens with zero attached hydrogens (tertiary/aromatic N) is 1. The maximum atomic E-state index is 11.2. The first-order valence-corrected chi connectivity index (χ1v) is 17.0. The van der Waals surface area contributed by atoms with Gasteiger partial charge in [0, 0.05) is 29.9 Å². The third kappa shape index (κ3) is 9.99. The number of methoxy groups -OCH3 is 1. The van der Waals surface area contributed by atoms with E-state index in [1.54, 1.807) is 7.11 Å². The van der Waals surface area contributed by atoms with Crippen LogP contribution in [0.2, 0.25) is 0 Å². The SMILES string of the molecule is C=C(c1cc(C)ccc1/C=C\C)C(C)(C)\C(=C/C=C(C#N)/C=C/CC(C)(C)c1c(NCCC(=O)O)ccc2ccc(OC)cc12)NCCC. The number of nitriles is 1. The minimum absolute atomic E-state index is 0.0148. The molecule has 3 aromatic rings. The zero-order valence-corrected chi connectivity index (χ0v) is 30.5. The average molecular weight is 660 g/mol. The lowest BCUT2D eigenvalue weighted by Gasteiger charge is -2.32. The van der Waals surface area contributed by atoms with Crippen molar-refractivity contribution < 1.29 is 14.6 Å². The summed E-state index contributed by atoms with van der Waals surface area (Å²) in [5, 5.41) is 28.4. The number of anilines is 1. The van der Waals surface area contributed by atoms with Gasteiger partial charge in [-0.2, -0.15) is 5.26 Å². The molecule has 0 spiro atoms. The summed E-state index contributed by atoms with van der Waals surface area (Å²) >= 11 is 0. The second-order valence-corrected chi connectivity index (χ2v) is 13.6. The Morgan fingerprint density at radius 1 is 1.06 bits per heavy atom. The van der Waals surface area contributed by atoms with Crippen LogP contribution in [-0.4, -0.2) is 31.3 Å². The summed E-state index contributed by atoms with van der Waals surface area (Å²) in [4.78, 5) is 11.2. The quantitative estimate of drug-likeness (QED) is 0.0986. The van der Waals surface area contributed by atoms with Gasteiger partial charge in [-0.15, -0.1) is 0 Å². The summed E-state index contributed by atoms with van der Waals surface area (Å²) in [6.45, 7) is 20.6. The van der Waals surface area contributed by atoms with Gasteiger partial charge in [0.05, 0.1) is 25.2 Å². The molecule has 0 heterocycles. The van der Waals surface area contributed by atoms with Crippen LogP contribution in [0, 0.1) is 23.7 Å². The molecule has 3 N–H and O–H groups in total. The fraction of sp³-hybridized carbons (Fsp3) is 0.349. The highest BCUT2D eigenvalue weighted by Gasteiger charge is 2.29. The molecule has 0 aromatic heterocycles. The molecule has 0 aliphatic rings. The zero-order chi connectivity index (χ0) is 36.2. The normalized spacial score (nSPS) is 12.8. The van der Waals surface area contributed by atoms with Crippen LogP contribution in [-0.2, 0) is 10.2 Å². The van der Waals surface area contributed by atoms with Crippen LogP contribution in [0.1, 0.15) is 83.1 Å². The molecule has 0 saturated heterocycles. The Balaban J connectivity index is 1.98. The second kappa shape index (κ2) is 17.4. The molecule has 0 aliphatic heterocycles. The molecule has 3 aromatic carbocycles. The number of carboxylic acids is 1. The molecule has 0 aliphatic carbocycles. The van der Waals surface area contributed by atoms with Crippen molar-refractivity contribution >= 4 is 34.1 Å². The molecule has 3 rings (SSSR count). The van der Waals surface area contributed by atoms with E-state index in [0.717, 1.165) is 63.1 Å². The molecule has 258 valence electrons. The molecule has 0 fully saturated rings. The lowest BCUT2D eigenvalue weighted by Crippen LogP contribution is -2.28. The van der Waals surface area contributed by atoms with Gasteiger partial charge in [0.25, 0.3) is 0 Å². The highest BCUT2D eigenvalue weighted by atomic mass is 16.5. The lowest BCUT2D eigenvalue weighted by molar-refractivity contribution is -0.136. The maximum absolute atomic E-state index is 11.2. The van der Waals surface area contributed by atoms with Crippen molar-refractivity contribution in [3.8, 4) is 11.8 Å². The second-order valence-electron chi connectivity index (χ2n) is 13.6. The van der Waals surface area contributed by atoms with Crippen molar-refractivity contribution in [2.75, 3.05) is 25.5 Å². The minimum Gasteiger partial charge on any atom is -0.497 e.